The minimum Gasteiger partial charge on any atom is -0.308 e. The zero-order chi connectivity index (χ0) is 7.40. The Morgan fingerprint density at radius 1 is 1.40 bits per heavy atom. The lowest BCUT2D eigenvalue weighted by Gasteiger charge is -2.26. The summed E-state index contributed by atoms with van der Waals surface area (Å²) in [4.78, 5) is 0. The van der Waals surface area contributed by atoms with Gasteiger partial charge in [-0.25, -0.2) is 0 Å². The van der Waals surface area contributed by atoms with Gasteiger partial charge in [-0.15, -0.1) is 0 Å². The van der Waals surface area contributed by atoms with Gasteiger partial charge in [0.25, 0.3) is 0 Å². The molecule has 0 bridgehead atoms. The Hall–Kier alpha value is -0.300. The van der Waals surface area contributed by atoms with Crippen molar-refractivity contribution < 1.29 is 0 Å². The van der Waals surface area contributed by atoms with Crippen LogP contribution >= 0.6 is 0 Å². The Morgan fingerprint density at radius 3 is 2.80 bits per heavy atom. The third-order valence-electron chi connectivity index (χ3n) is 2.08. The average Bonchev–Trinajstić information content (AvgIpc) is 1.88. The topological polar surface area (TPSA) is 12.0 Å². The van der Waals surface area contributed by atoms with Gasteiger partial charge in [0.05, 0.1) is 0 Å². The van der Waals surface area contributed by atoms with Crippen molar-refractivity contribution in [2.45, 2.75) is 45.2 Å². The summed E-state index contributed by atoms with van der Waals surface area (Å²) < 4.78 is 0. The number of hydrogen-bond donors (Lipinski definition) is 1. The quantitative estimate of drug-likeness (QED) is 0.548. The van der Waals surface area contributed by atoms with Crippen LogP contribution in [0.5, 0.6) is 0 Å². The van der Waals surface area contributed by atoms with Crippen molar-refractivity contribution in [3.05, 3.63) is 12.2 Å². The van der Waals surface area contributed by atoms with Crippen LogP contribution in [0.3, 0.4) is 0 Å². The van der Waals surface area contributed by atoms with E-state index in [1.165, 1.54) is 19.3 Å². The summed E-state index contributed by atoms with van der Waals surface area (Å²) in [5.41, 5.74) is 0. The van der Waals surface area contributed by atoms with Gasteiger partial charge >= 0.3 is 0 Å². The summed E-state index contributed by atoms with van der Waals surface area (Å²) in [7, 11) is 0. The first-order chi connectivity index (χ1) is 4.83. The molecule has 2 atom stereocenters. The molecule has 0 aromatic rings. The lowest BCUT2D eigenvalue weighted by atomic mass is 9.99. The highest BCUT2D eigenvalue weighted by Gasteiger charge is 2.13. The first kappa shape index (κ1) is 7.80. The number of piperidine rings is 1. The lowest BCUT2D eigenvalue weighted by Crippen LogP contribution is -2.39. The summed E-state index contributed by atoms with van der Waals surface area (Å²) in [6, 6.07) is 1.36. The SMILES string of the molecule is CC=CC1CCCC(C)N1. The van der Waals surface area contributed by atoms with Crippen molar-refractivity contribution in [2.24, 2.45) is 0 Å². The molecular weight excluding hydrogens is 122 g/mol. The molecule has 2 unspecified atom stereocenters. The molecule has 0 radical (unpaired) electrons. The first-order valence-corrected chi connectivity index (χ1v) is 4.22. The van der Waals surface area contributed by atoms with Gasteiger partial charge in [-0.3, -0.25) is 0 Å². The number of nitrogens with one attached hydrogen (secondary N) is 1. The molecule has 1 fully saturated rings. The van der Waals surface area contributed by atoms with E-state index >= 15 is 0 Å². The molecule has 0 amide bonds. The van der Waals surface area contributed by atoms with E-state index < -0.39 is 0 Å². The Morgan fingerprint density at radius 2 is 2.20 bits per heavy atom. The predicted molar refractivity (Wildman–Crippen MR) is 45.1 cm³/mol. The summed E-state index contributed by atoms with van der Waals surface area (Å²) >= 11 is 0. The molecule has 1 heterocycles. The second-order valence-electron chi connectivity index (χ2n) is 3.13. The highest BCUT2D eigenvalue weighted by atomic mass is 14.9. The molecule has 0 aliphatic carbocycles. The largest absolute Gasteiger partial charge is 0.308 e. The van der Waals surface area contributed by atoms with E-state index in [-0.39, 0.29) is 0 Å². The number of rotatable bonds is 1. The summed E-state index contributed by atoms with van der Waals surface area (Å²) in [6.45, 7) is 4.34. The summed E-state index contributed by atoms with van der Waals surface area (Å²) in [5, 5.41) is 3.53. The highest BCUT2D eigenvalue weighted by molar-refractivity contribution is 4.94. The second-order valence-corrected chi connectivity index (χ2v) is 3.13. The van der Waals surface area contributed by atoms with Crippen molar-refractivity contribution >= 4 is 0 Å². The van der Waals surface area contributed by atoms with Crippen LogP contribution < -0.4 is 5.32 Å². The lowest BCUT2D eigenvalue weighted by molar-refractivity contribution is 0.374. The minimum absolute atomic E-state index is 0.647. The first-order valence-electron chi connectivity index (χ1n) is 4.22. The number of hydrogen-bond acceptors (Lipinski definition) is 1. The van der Waals surface area contributed by atoms with E-state index in [4.69, 9.17) is 0 Å². The number of allylic oxidation sites excluding steroid dienone is 1. The summed E-state index contributed by atoms with van der Waals surface area (Å²) in [5.74, 6) is 0. The third-order valence-corrected chi connectivity index (χ3v) is 2.08. The molecule has 1 nitrogen and oxygen atoms in total. The van der Waals surface area contributed by atoms with Crippen molar-refractivity contribution in [3.63, 3.8) is 0 Å². The van der Waals surface area contributed by atoms with Gasteiger partial charge in [0.15, 0.2) is 0 Å². The third kappa shape index (κ3) is 2.14. The van der Waals surface area contributed by atoms with Crippen LogP contribution in [0.1, 0.15) is 33.1 Å². The second kappa shape index (κ2) is 3.77. The fourth-order valence-electron chi connectivity index (χ4n) is 1.56. The Labute approximate surface area is 63.5 Å². The van der Waals surface area contributed by atoms with E-state index in [9.17, 15) is 0 Å². The van der Waals surface area contributed by atoms with Crippen molar-refractivity contribution in [3.8, 4) is 0 Å². The maximum atomic E-state index is 3.53. The average molecular weight is 139 g/mol. The van der Waals surface area contributed by atoms with Crippen LogP contribution in [0.2, 0.25) is 0 Å². The Kier molecular flexibility index (Phi) is 2.94. The fraction of sp³-hybridized carbons (Fsp3) is 0.778. The van der Waals surface area contributed by atoms with Crippen molar-refractivity contribution in [2.75, 3.05) is 0 Å². The van der Waals surface area contributed by atoms with Crippen LogP contribution in [-0.2, 0) is 0 Å². The maximum Gasteiger partial charge on any atom is 0.0252 e. The molecule has 1 heteroatoms. The Bertz CT molecular complexity index is 118. The molecule has 1 aliphatic rings. The van der Waals surface area contributed by atoms with Crippen LogP contribution in [0, 0.1) is 0 Å². The molecule has 58 valence electrons. The van der Waals surface area contributed by atoms with Crippen LogP contribution in [0.4, 0.5) is 0 Å². The van der Waals surface area contributed by atoms with Gasteiger partial charge in [-0.2, -0.15) is 0 Å². The van der Waals surface area contributed by atoms with E-state index in [2.05, 4.69) is 31.3 Å². The molecule has 0 spiro atoms. The van der Waals surface area contributed by atoms with Gasteiger partial charge in [0, 0.05) is 12.1 Å². The smallest absolute Gasteiger partial charge is 0.0252 e. The van der Waals surface area contributed by atoms with Crippen LogP contribution in [-0.4, -0.2) is 12.1 Å². The zero-order valence-electron chi connectivity index (χ0n) is 6.93. The molecule has 0 aromatic carbocycles. The molecule has 1 N–H and O–H groups in total. The molecule has 1 aliphatic heterocycles. The molecule has 1 saturated heterocycles. The summed E-state index contributed by atoms with van der Waals surface area (Å²) in [6.07, 6.45) is 8.43. The van der Waals surface area contributed by atoms with Crippen LogP contribution in [0.15, 0.2) is 12.2 Å². The minimum atomic E-state index is 0.647. The van der Waals surface area contributed by atoms with Crippen molar-refractivity contribution in [1.82, 2.24) is 5.32 Å². The zero-order valence-corrected chi connectivity index (χ0v) is 6.93. The highest BCUT2D eigenvalue weighted by Crippen LogP contribution is 2.12. The Balaban J connectivity index is 2.32. The van der Waals surface area contributed by atoms with Crippen molar-refractivity contribution in [1.29, 1.82) is 0 Å². The van der Waals surface area contributed by atoms with Gasteiger partial charge in [0.1, 0.15) is 0 Å². The standard InChI is InChI=1S/C9H17N/c1-3-5-9-7-4-6-8(2)10-9/h3,5,8-10H,4,6-7H2,1-2H3. The molecule has 0 aromatic heterocycles. The van der Waals surface area contributed by atoms with E-state index in [1.54, 1.807) is 0 Å². The van der Waals surface area contributed by atoms with Gasteiger partial charge in [0.2, 0.25) is 0 Å². The molecule has 0 saturated carbocycles. The van der Waals surface area contributed by atoms with E-state index in [1.807, 2.05) is 0 Å². The fourth-order valence-corrected chi connectivity index (χ4v) is 1.56. The molecule has 1 rings (SSSR count). The maximum absolute atomic E-state index is 3.53. The van der Waals surface area contributed by atoms with Gasteiger partial charge < -0.3 is 5.32 Å². The van der Waals surface area contributed by atoms with E-state index in [0.717, 1.165) is 6.04 Å². The monoisotopic (exact) mass is 139 g/mol. The van der Waals surface area contributed by atoms with Crippen LogP contribution in [0.25, 0.3) is 0 Å². The predicted octanol–water partition coefficient (Wildman–Crippen LogP) is 2.09. The molecule has 10 heavy (non-hydrogen) atoms. The van der Waals surface area contributed by atoms with Gasteiger partial charge in [-0.05, 0) is 26.7 Å². The van der Waals surface area contributed by atoms with E-state index in [0.29, 0.717) is 6.04 Å². The normalized spacial score (nSPS) is 35.0. The molecular formula is C9H17N. The van der Waals surface area contributed by atoms with Gasteiger partial charge in [-0.1, -0.05) is 18.6 Å².